The average molecular weight is 216 g/mol. The largest absolute Gasteiger partial charge is 0.466 e. The highest BCUT2D eigenvalue weighted by molar-refractivity contribution is 5.83. The first-order valence-corrected chi connectivity index (χ1v) is 5.47. The molecule has 2 nitrogen and oxygen atoms in total. The van der Waals surface area contributed by atoms with Crippen molar-refractivity contribution < 1.29 is 9.53 Å². The minimum Gasteiger partial charge on any atom is -0.466 e. The number of rotatable bonds is 2. The molecule has 84 valence electrons. The number of benzene rings is 1. The van der Waals surface area contributed by atoms with E-state index in [4.69, 9.17) is 0 Å². The van der Waals surface area contributed by atoms with Gasteiger partial charge < -0.3 is 4.74 Å². The number of carbonyl (C=O) groups excluding carboxylic acids is 1. The number of ether oxygens (including phenoxy) is 1. The zero-order valence-corrected chi connectivity index (χ0v) is 9.69. The second-order valence-corrected chi connectivity index (χ2v) is 4.61. The number of methoxy groups -OCH3 is 1. The third kappa shape index (κ3) is 2.01. The molecule has 1 aromatic rings. The van der Waals surface area contributed by atoms with Crippen LogP contribution in [0.5, 0.6) is 0 Å². The number of carbonyl (C=O) groups is 1. The quantitative estimate of drug-likeness (QED) is 0.561. The van der Waals surface area contributed by atoms with Crippen LogP contribution in [0.15, 0.2) is 42.0 Å². The zero-order chi connectivity index (χ0) is 11.6. The van der Waals surface area contributed by atoms with E-state index in [1.54, 1.807) is 6.08 Å². The van der Waals surface area contributed by atoms with Crippen LogP contribution in [0, 0.1) is 0 Å². The average Bonchev–Trinajstić information content (AvgIpc) is 2.27. The highest BCUT2D eigenvalue weighted by Gasteiger charge is 2.37. The molecule has 0 aromatic heterocycles. The molecule has 1 aliphatic carbocycles. The number of hydrogen-bond donors (Lipinski definition) is 0. The van der Waals surface area contributed by atoms with Crippen molar-refractivity contribution in [3.8, 4) is 0 Å². The topological polar surface area (TPSA) is 26.3 Å². The van der Waals surface area contributed by atoms with E-state index in [1.807, 2.05) is 6.07 Å². The molecule has 0 atom stereocenters. The van der Waals surface area contributed by atoms with E-state index in [9.17, 15) is 4.79 Å². The van der Waals surface area contributed by atoms with Gasteiger partial charge in [-0.2, -0.15) is 0 Å². The van der Waals surface area contributed by atoms with Crippen molar-refractivity contribution in [2.75, 3.05) is 7.11 Å². The molecule has 2 heteroatoms. The highest BCUT2D eigenvalue weighted by Crippen LogP contribution is 2.46. The Morgan fingerprint density at radius 3 is 2.50 bits per heavy atom. The second-order valence-electron chi connectivity index (χ2n) is 4.61. The molecule has 1 aliphatic rings. The van der Waals surface area contributed by atoms with Gasteiger partial charge in [0.15, 0.2) is 0 Å². The van der Waals surface area contributed by atoms with Crippen molar-refractivity contribution >= 4 is 5.97 Å². The first-order chi connectivity index (χ1) is 7.64. The van der Waals surface area contributed by atoms with Gasteiger partial charge in [-0.1, -0.05) is 42.8 Å². The van der Waals surface area contributed by atoms with Crippen LogP contribution in [0.25, 0.3) is 0 Å². The summed E-state index contributed by atoms with van der Waals surface area (Å²) in [5.74, 6) is -0.245. The van der Waals surface area contributed by atoms with E-state index in [0.717, 1.165) is 12.8 Å². The Bertz CT molecular complexity index is 410. The van der Waals surface area contributed by atoms with Gasteiger partial charge in [-0.25, -0.2) is 4.79 Å². The van der Waals surface area contributed by atoms with Crippen molar-refractivity contribution in [3.63, 3.8) is 0 Å². The van der Waals surface area contributed by atoms with Gasteiger partial charge in [0.2, 0.25) is 0 Å². The van der Waals surface area contributed by atoms with Gasteiger partial charge in [0.05, 0.1) is 7.11 Å². The molecule has 1 aromatic carbocycles. The Balaban J connectivity index is 2.07. The third-order valence-electron chi connectivity index (χ3n) is 3.23. The molecular formula is C14H16O2. The molecule has 0 bridgehead atoms. The number of allylic oxidation sites excluding steroid dienone is 1. The maximum Gasteiger partial charge on any atom is 0.330 e. The first-order valence-electron chi connectivity index (χ1n) is 5.47. The van der Waals surface area contributed by atoms with E-state index in [2.05, 4.69) is 35.9 Å². The Morgan fingerprint density at radius 1 is 1.31 bits per heavy atom. The predicted molar refractivity (Wildman–Crippen MR) is 63.1 cm³/mol. The van der Waals surface area contributed by atoms with E-state index in [-0.39, 0.29) is 11.4 Å². The van der Waals surface area contributed by atoms with Gasteiger partial charge in [-0.3, -0.25) is 0 Å². The van der Waals surface area contributed by atoms with Crippen molar-refractivity contribution in [3.05, 3.63) is 47.5 Å². The fourth-order valence-electron chi connectivity index (χ4n) is 2.32. The van der Waals surface area contributed by atoms with Crippen LogP contribution >= 0.6 is 0 Å². The first kappa shape index (κ1) is 10.9. The van der Waals surface area contributed by atoms with E-state index >= 15 is 0 Å². The van der Waals surface area contributed by atoms with Gasteiger partial charge in [0, 0.05) is 6.08 Å². The molecule has 0 saturated heterocycles. The fraction of sp³-hybridized carbons (Fsp3) is 0.357. The molecule has 0 amide bonds. The van der Waals surface area contributed by atoms with Gasteiger partial charge in [0.25, 0.3) is 0 Å². The summed E-state index contributed by atoms with van der Waals surface area (Å²) < 4.78 is 4.62. The summed E-state index contributed by atoms with van der Waals surface area (Å²) in [6, 6.07) is 10.4. The molecule has 0 N–H and O–H groups in total. The monoisotopic (exact) mass is 216 g/mol. The van der Waals surface area contributed by atoms with Crippen LogP contribution in [-0.2, 0) is 14.9 Å². The summed E-state index contributed by atoms with van der Waals surface area (Å²) >= 11 is 0. The summed E-state index contributed by atoms with van der Waals surface area (Å²) in [5.41, 5.74) is 2.72. The third-order valence-corrected chi connectivity index (χ3v) is 3.23. The summed E-state index contributed by atoms with van der Waals surface area (Å²) in [5, 5.41) is 0. The highest BCUT2D eigenvalue weighted by atomic mass is 16.5. The van der Waals surface area contributed by atoms with Crippen LogP contribution in [0.4, 0.5) is 0 Å². The van der Waals surface area contributed by atoms with Crippen LogP contribution in [0.2, 0.25) is 0 Å². The van der Waals surface area contributed by atoms with Crippen molar-refractivity contribution in [2.24, 2.45) is 0 Å². The summed E-state index contributed by atoms with van der Waals surface area (Å²) in [6.45, 7) is 2.23. The summed E-state index contributed by atoms with van der Waals surface area (Å²) in [6.07, 6.45) is 3.52. The van der Waals surface area contributed by atoms with E-state index in [0.29, 0.717) is 0 Å². The lowest BCUT2D eigenvalue weighted by Crippen LogP contribution is -2.33. The van der Waals surface area contributed by atoms with Crippen LogP contribution in [-0.4, -0.2) is 13.1 Å². The molecule has 0 unspecified atom stereocenters. The number of esters is 1. The van der Waals surface area contributed by atoms with Crippen LogP contribution in [0.1, 0.15) is 25.3 Å². The minimum absolute atomic E-state index is 0.196. The second kappa shape index (κ2) is 4.12. The Hall–Kier alpha value is -1.57. The lowest BCUT2D eigenvalue weighted by Gasteiger charge is -2.41. The molecule has 2 rings (SSSR count). The molecule has 16 heavy (non-hydrogen) atoms. The lowest BCUT2D eigenvalue weighted by atomic mass is 9.63. The normalized spacial score (nSPS) is 23.5. The number of hydrogen-bond acceptors (Lipinski definition) is 2. The van der Waals surface area contributed by atoms with Gasteiger partial charge in [0.1, 0.15) is 0 Å². The van der Waals surface area contributed by atoms with Crippen molar-refractivity contribution in [2.45, 2.75) is 25.2 Å². The van der Waals surface area contributed by atoms with Crippen LogP contribution in [0.3, 0.4) is 0 Å². The molecule has 1 saturated carbocycles. The minimum atomic E-state index is -0.245. The van der Waals surface area contributed by atoms with Gasteiger partial charge in [-0.05, 0) is 23.8 Å². The smallest absolute Gasteiger partial charge is 0.330 e. The Kier molecular flexibility index (Phi) is 2.82. The van der Waals surface area contributed by atoms with E-state index in [1.165, 1.54) is 18.2 Å². The van der Waals surface area contributed by atoms with E-state index < -0.39 is 0 Å². The van der Waals surface area contributed by atoms with Crippen molar-refractivity contribution in [1.29, 1.82) is 0 Å². The fourth-order valence-corrected chi connectivity index (χ4v) is 2.32. The molecule has 0 heterocycles. The molecule has 0 aliphatic heterocycles. The summed E-state index contributed by atoms with van der Waals surface area (Å²) in [7, 11) is 1.41. The SMILES string of the molecule is COC(=O)C=C1CC(C)(c2ccccc2)C1. The maximum atomic E-state index is 11.1. The molecule has 0 spiro atoms. The van der Waals surface area contributed by atoms with Crippen molar-refractivity contribution in [1.82, 2.24) is 0 Å². The summed E-state index contributed by atoms with van der Waals surface area (Å²) in [4.78, 5) is 11.1. The molecular weight excluding hydrogens is 200 g/mol. The van der Waals surface area contributed by atoms with Gasteiger partial charge in [-0.15, -0.1) is 0 Å². The molecule has 1 fully saturated rings. The lowest BCUT2D eigenvalue weighted by molar-refractivity contribution is -0.134. The predicted octanol–water partition coefficient (Wildman–Crippen LogP) is 2.84. The maximum absolute atomic E-state index is 11.1. The Morgan fingerprint density at radius 2 is 1.94 bits per heavy atom. The van der Waals surface area contributed by atoms with Gasteiger partial charge >= 0.3 is 5.97 Å². The molecule has 0 radical (unpaired) electrons. The zero-order valence-electron chi connectivity index (χ0n) is 9.69. The Labute approximate surface area is 95.9 Å². The van der Waals surface area contributed by atoms with Crippen LogP contribution < -0.4 is 0 Å². The standard InChI is InChI=1S/C14H16O2/c1-14(12-6-4-3-5-7-12)9-11(10-14)8-13(15)16-2/h3-8H,9-10H2,1-2H3.